The van der Waals surface area contributed by atoms with E-state index in [0.29, 0.717) is 12.2 Å². The van der Waals surface area contributed by atoms with Crippen LogP contribution in [0, 0.1) is 6.92 Å². The lowest BCUT2D eigenvalue weighted by atomic mass is 10.1. The number of aromatic nitrogens is 4. The van der Waals surface area contributed by atoms with E-state index in [4.69, 9.17) is 4.98 Å². The molecular weight excluding hydrogens is 326 g/mol. The van der Waals surface area contributed by atoms with Gasteiger partial charge in [0.2, 0.25) is 0 Å². The molecule has 0 unspecified atom stereocenters. The molecule has 0 aliphatic heterocycles. The normalized spacial score (nSPS) is 12.2. The minimum atomic E-state index is -0.712. The quantitative estimate of drug-likeness (QED) is 0.581. The Kier molecular flexibility index (Phi) is 4.33. The van der Waals surface area contributed by atoms with Crippen LogP contribution < -0.4 is 5.32 Å². The molecule has 0 bridgehead atoms. The van der Waals surface area contributed by atoms with E-state index in [1.54, 1.807) is 10.7 Å². The zero-order valence-electron chi connectivity index (χ0n) is 14.4. The first-order valence-corrected chi connectivity index (χ1v) is 8.46. The SMILES string of the molecule is Cc1cc2nc(-c3ccccc3)cc(NC[C@H](O)c3ccccn3)n2n1. The number of anilines is 1. The average Bonchev–Trinajstić information content (AvgIpc) is 3.07. The second-order valence-corrected chi connectivity index (χ2v) is 6.10. The summed E-state index contributed by atoms with van der Waals surface area (Å²) in [7, 11) is 0. The van der Waals surface area contributed by atoms with Crippen molar-refractivity contribution in [3.05, 3.63) is 78.2 Å². The Morgan fingerprint density at radius 1 is 1.08 bits per heavy atom. The summed E-state index contributed by atoms with van der Waals surface area (Å²) in [6, 6.07) is 19.4. The van der Waals surface area contributed by atoms with Gasteiger partial charge in [-0.25, -0.2) is 4.98 Å². The molecule has 1 atom stereocenters. The van der Waals surface area contributed by atoms with E-state index in [-0.39, 0.29) is 0 Å². The summed E-state index contributed by atoms with van der Waals surface area (Å²) in [5.74, 6) is 0.775. The maximum Gasteiger partial charge on any atom is 0.158 e. The summed E-state index contributed by atoms with van der Waals surface area (Å²) in [6.45, 7) is 2.26. The van der Waals surface area contributed by atoms with Crippen LogP contribution >= 0.6 is 0 Å². The molecule has 1 aromatic carbocycles. The number of fused-ring (bicyclic) bond motifs is 1. The zero-order chi connectivity index (χ0) is 17.9. The second-order valence-electron chi connectivity index (χ2n) is 6.10. The van der Waals surface area contributed by atoms with Gasteiger partial charge in [0.05, 0.1) is 17.1 Å². The lowest BCUT2D eigenvalue weighted by Crippen LogP contribution is -2.15. The third kappa shape index (κ3) is 3.27. The van der Waals surface area contributed by atoms with E-state index < -0.39 is 6.10 Å². The van der Waals surface area contributed by atoms with Crippen molar-refractivity contribution < 1.29 is 5.11 Å². The maximum atomic E-state index is 10.4. The van der Waals surface area contributed by atoms with Crippen molar-refractivity contribution in [3.63, 3.8) is 0 Å². The number of rotatable bonds is 5. The molecule has 4 rings (SSSR count). The molecule has 4 aromatic rings. The molecule has 26 heavy (non-hydrogen) atoms. The molecule has 3 heterocycles. The Hall–Kier alpha value is -3.25. The fraction of sp³-hybridized carbons (Fsp3) is 0.150. The van der Waals surface area contributed by atoms with E-state index in [2.05, 4.69) is 15.4 Å². The number of nitrogens with one attached hydrogen (secondary N) is 1. The van der Waals surface area contributed by atoms with Gasteiger partial charge in [-0.1, -0.05) is 36.4 Å². The smallest absolute Gasteiger partial charge is 0.158 e. The summed E-state index contributed by atoms with van der Waals surface area (Å²) in [6.07, 6.45) is 0.962. The molecule has 6 heteroatoms. The minimum absolute atomic E-state index is 0.323. The van der Waals surface area contributed by atoms with Gasteiger partial charge in [0, 0.05) is 30.4 Å². The van der Waals surface area contributed by atoms with E-state index >= 15 is 0 Å². The van der Waals surface area contributed by atoms with Gasteiger partial charge in [-0.2, -0.15) is 9.61 Å². The van der Waals surface area contributed by atoms with Crippen LogP contribution in [0.1, 0.15) is 17.5 Å². The number of aliphatic hydroxyl groups is 1. The number of hydrogen-bond donors (Lipinski definition) is 2. The number of hydrogen-bond acceptors (Lipinski definition) is 5. The number of aliphatic hydroxyl groups excluding tert-OH is 1. The second kappa shape index (κ2) is 6.93. The van der Waals surface area contributed by atoms with Crippen LogP contribution in [0.2, 0.25) is 0 Å². The zero-order valence-corrected chi connectivity index (χ0v) is 14.4. The van der Waals surface area contributed by atoms with Gasteiger partial charge in [-0.3, -0.25) is 4.98 Å². The van der Waals surface area contributed by atoms with Crippen LogP contribution in [-0.2, 0) is 0 Å². The van der Waals surface area contributed by atoms with Crippen molar-refractivity contribution in [2.75, 3.05) is 11.9 Å². The van der Waals surface area contributed by atoms with Gasteiger partial charge in [0.15, 0.2) is 5.65 Å². The maximum absolute atomic E-state index is 10.4. The van der Waals surface area contributed by atoms with E-state index in [0.717, 1.165) is 28.4 Å². The highest BCUT2D eigenvalue weighted by molar-refractivity contribution is 5.66. The fourth-order valence-electron chi connectivity index (χ4n) is 2.85. The molecule has 0 amide bonds. The Bertz CT molecular complexity index is 1010. The van der Waals surface area contributed by atoms with Crippen molar-refractivity contribution in [1.82, 2.24) is 19.6 Å². The van der Waals surface area contributed by atoms with E-state index in [1.165, 1.54) is 0 Å². The molecule has 0 aliphatic carbocycles. The van der Waals surface area contributed by atoms with Crippen molar-refractivity contribution in [3.8, 4) is 11.3 Å². The Labute approximate surface area is 151 Å². The summed E-state index contributed by atoms with van der Waals surface area (Å²) < 4.78 is 1.76. The van der Waals surface area contributed by atoms with Crippen LogP contribution in [0.4, 0.5) is 5.82 Å². The molecule has 0 saturated carbocycles. The molecule has 0 saturated heterocycles. The van der Waals surface area contributed by atoms with Crippen LogP contribution in [0.25, 0.3) is 16.9 Å². The van der Waals surface area contributed by atoms with Crippen molar-refractivity contribution in [2.24, 2.45) is 0 Å². The van der Waals surface area contributed by atoms with Gasteiger partial charge < -0.3 is 10.4 Å². The standard InChI is InChI=1S/C20H19N5O/c1-14-11-20-23-17(15-7-3-2-4-8-15)12-19(25(20)24-14)22-13-18(26)16-9-5-6-10-21-16/h2-12,18,22,26H,13H2,1H3/t18-/m0/s1. The Morgan fingerprint density at radius 3 is 2.65 bits per heavy atom. The van der Waals surface area contributed by atoms with Crippen molar-refractivity contribution >= 4 is 11.5 Å². The van der Waals surface area contributed by atoms with Crippen LogP contribution in [0.3, 0.4) is 0 Å². The Morgan fingerprint density at radius 2 is 1.88 bits per heavy atom. The number of nitrogens with zero attached hydrogens (tertiary/aromatic N) is 4. The molecule has 0 aliphatic rings. The molecule has 6 nitrogen and oxygen atoms in total. The van der Waals surface area contributed by atoms with Crippen molar-refractivity contribution in [2.45, 2.75) is 13.0 Å². The predicted octanol–water partition coefficient (Wildman–Crippen LogP) is 3.25. The van der Waals surface area contributed by atoms with E-state index in [9.17, 15) is 5.11 Å². The topological polar surface area (TPSA) is 75.3 Å². The molecule has 3 aromatic heterocycles. The van der Waals surface area contributed by atoms with Gasteiger partial charge in [-0.15, -0.1) is 0 Å². The van der Waals surface area contributed by atoms with Gasteiger partial charge in [0.1, 0.15) is 11.9 Å². The molecule has 0 fully saturated rings. The lowest BCUT2D eigenvalue weighted by Gasteiger charge is -2.14. The van der Waals surface area contributed by atoms with E-state index in [1.807, 2.05) is 67.6 Å². The first-order valence-electron chi connectivity index (χ1n) is 8.46. The highest BCUT2D eigenvalue weighted by Gasteiger charge is 2.12. The molecule has 0 radical (unpaired) electrons. The third-order valence-electron chi connectivity index (χ3n) is 4.12. The highest BCUT2D eigenvalue weighted by atomic mass is 16.3. The van der Waals surface area contributed by atoms with Crippen LogP contribution in [0.5, 0.6) is 0 Å². The van der Waals surface area contributed by atoms with Gasteiger partial charge in [0.25, 0.3) is 0 Å². The summed E-state index contributed by atoms with van der Waals surface area (Å²) in [5, 5.41) is 18.1. The molecule has 2 N–H and O–H groups in total. The van der Waals surface area contributed by atoms with Gasteiger partial charge >= 0.3 is 0 Å². The lowest BCUT2D eigenvalue weighted by molar-refractivity contribution is 0.186. The predicted molar refractivity (Wildman–Crippen MR) is 101 cm³/mol. The summed E-state index contributed by atoms with van der Waals surface area (Å²) in [5.41, 5.74) is 4.16. The minimum Gasteiger partial charge on any atom is -0.385 e. The number of benzene rings is 1. The fourth-order valence-corrected chi connectivity index (χ4v) is 2.85. The van der Waals surface area contributed by atoms with Crippen LogP contribution in [0.15, 0.2) is 66.9 Å². The van der Waals surface area contributed by atoms with Crippen molar-refractivity contribution in [1.29, 1.82) is 0 Å². The number of pyridine rings is 1. The third-order valence-corrected chi connectivity index (χ3v) is 4.12. The molecular formula is C20H19N5O. The first kappa shape index (κ1) is 16.2. The van der Waals surface area contributed by atoms with Crippen LogP contribution in [-0.4, -0.2) is 31.2 Å². The molecule has 0 spiro atoms. The average molecular weight is 345 g/mol. The highest BCUT2D eigenvalue weighted by Crippen LogP contribution is 2.23. The first-order chi connectivity index (χ1) is 12.7. The van der Waals surface area contributed by atoms with Gasteiger partial charge in [-0.05, 0) is 19.1 Å². The molecule has 130 valence electrons. The summed E-state index contributed by atoms with van der Waals surface area (Å²) >= 11 is 0. The number of aryl methyl sites for hydroxylation is 1. The Balaban J connectivity index is 1.67. The largest absolute Gasteiger partial charge is 0.385 e. The summed E-state index contributed by atoms with van der Waals surface area (Å²) in [4.78, 5) is 8.90. The monoisotopic (exact) mass is 345 g/mol.